The zero-order valence-corrected chi connectivity index (χ0v) is 8.33. The normalized spacial score (nSPS) is 10.0. The van der Waals surface area contributed by atoms with Crippen LogP contribution in [0.4, 0.5) is 0 Å². The summed E-state index contributed by atoms with van der Waals surface area (Å²) in [6, 6.07) is 6.65. The molecule has 2 rings (SSSR count). The van der Waals surface area contributed by atoms with Crippen molar-refractivity contribution in [3.8, 4) is 5.69 Å². The molecule has 0 radical (unpaired) electrons. The molecule has 0 saturated carbocycles. The third kappa shape index (κ3) is 1.70. The van der Waals surface area contributed by atoms with Gasteiger partial charge in [0.25, 0.3) is 11.5 Å². The highest BCUT2D eigenvalue weighted by Gasteiger charge is 2.09. The molecule has 0 aliphatic carbocycles. The molecule has 0 fully saturated rings. The van der Waals surface area contributed by atoms with Crippen LogP contribution in [0.5, 0.6) is 0 Å². The third-order valence-corrected chi connectivity index (χ3v) is 2.15. The second-order valence-corrected chi connectivity index (χ2v) is 3.17. The zero-order valence-electron chi connectivity index (χ0n) is 8.33. The summed E-state index contributed by atoms with van der Waals surface area (Å²) in [5.41, 5.74) is 5.69. The van der Waals surface area contributed by atoms with Crippen molar-refractivity contribution in [2.45, 2.75) is 0 Å². The minimum absolute atomic E-state index is 0.302. The standard InChI is InChI=1S/C11H9N3O2/c12-11(16)8-3-1-2-4-9(8)14-6-5-13-7-10(14)15/h1-7H,(H2,12,16). The second kappa shape index (κ2) is 3.98. The smallest absolute Gasteiger partial charge is 0.273 e. The van der Waals surface area contributed by atoms with Crippen LogP contribution in [0.3, 0.4) is 0 Å². The highest BCUT2D eigenvalue weighted by Crippen LogP contribution is 2.11. The maximum Gasteiger partial charge on any atom is 0.273 e. The zero-order chi connectivity index (χ0) is 11.5. The van der Waals surface area contributed by atoms with Gasteiger partial charge in [-0.25, -0.2) is 0 Å². The average molecular weight is 215 g/mol. The minimum Gasteiger partial charge on any atom is -0.366 e. The molecule has 0 spiro atoms. The Kier molecular flexibility index (Phi) is 2.51. The van der Waals surface area contributed by atoms with Gasteiger partial charge in [0.15, 0.2) is 0 Å². The molecule has 2 aromatic rings. The van der Waals surface area contributed by atoms with Crippen molar-refractivity contribution in [2.75, 3.05) is 0 Å². The van der Waals surface area contributed by atoms with Crippen LogP contribution in [0.15, 0.2) is 47.7 Å². The number of aromatic nitrogens is 2. The monoisotopic (exact) mass is 215 g/mol. The Labute approximate surface area is 91.2 Å². The third-order valence-electron chi connectivity index (χ3n) is 2.15. The molecule has 2 N–H and O–H groups in total. The first-order chi connectivity index (χ1) is 7.70. The topological polar surface area (TPSA) is 78.0 Å². The van der Waals surface area contributed by atoms with Crippen molar-refractivity contribution >= 4 is 5.91 Å². The number of rotatable bonds is 2. The first-order valence-electron chi connectivity index (χ1n) is 4.62. The summed E-state index contributed by atoms with van der Waals surface area (Å²) in [5.74, 6) is -0.570. The Morgan fingerprint density at radius 3 is 2.75 bits per heavy atom. The van der Waals surface area contributed by atoms with E-state index in [1.807, 2.05) is 0 Å². The van der Waals surface area contributed by atoms with Gasteiger partial charge in [-0.3, -0.25) is 19.1 Å². The fourth-order valence-electron chi connectivity index (χ4n) is 1.44. The molecule has 0 aliphatic rings. The molecule has 0 aliphatic heterocycles. The van der Waals surface area contributed by atoms with Crippen LogP contribution in [0, 0.1) is 0 Å². The molecule has 1 heterocycles. The van der Waals surface area contributed by atoms with E-state index in [2.05, 4.69) is 4.98 Å². The van der Waals surface area contributed by atoms with Gasteiger partial charge in [0.05, 0.1) is 17.4 Å². The average Bonchev–Trinajstić information content (AvgIpc) is 2.29. The lowest BCUT2D eigenvalue weighted by atomic mass is 10.1. The van der Waals surface area contributed by atoms with Crippen LogP contribution < -0.4 is 11.3 Å². The van der Waals surface area contributed by atoms with Crippen molar-refractivity contribution < 1.29 is 4.79 Å². The number of para-hydroxylation sites is 1. The Bertz CT molecular complexity index is 590. The number of carbonyl (C=O) groups excluding carboxylic acids is 1. The second-order valence-electron chi connectivity index (χ2n) is 3.17. The van der Waals surface area contributed by atoms with Crippen LogP contribution >= 0.6 is 0 Å². The minimum atomic E-state index is -0.570. The number of nitrogens with two attached hydrogens (primary N) is 1. The van der Waals surface area contributed by atoms with E-state index in [9.17, 15) is 9.59 Å². The van der Waals surface area contributed by atoms with Gasteiger partial charge >= 0.3 is 0 Å². The summed E-state index contributed by atoms with van der Waals surface area (Å²) in [7, 11) is 0. The summed E-state index contributed by atoms with van der Waals surface area (Å²) < 4.78 is 1.33. The van der Waals surface area contributed by atoms with Crippen molar-refractivity contribution in [1.29, 1.82) is 0 Å². The quantitative estimate of drug-likeness (QED) is 0.784. The number of amides is 1. The van der Waals surface area contributed by atoms with Crippen molar-refractivity contribution in [1.82, 2.24) is 9.55 Å². The maximum atomic E-state index is 11.5. The Balaban J connectivity index is 2.70. The summed E-state index contributed by atoms with van der Waals surface area (Å²) in [5, 5.41) is 0. The van der Waals surface area contributed by atoms with Gasteiger partial charge in [-0.1, -0.05) is 12.1 Å². The van der Waals surface area contributed by atoms with Gasteiger partial charge in [0.2, 0.25) is 0 Å². The molecule has 0 saturated heterocycles. The predicted octanol–water partition coefficient (Wildman–Crippen LogP) is 0.331. The number of carbonyl (C=O) groups is 1. The molecular weight excluding hydrogens is 206 g/mol. The Hall–Kier alpha value is -2.43. The van der Waals surface area contributed by atoms with E-state index < -0.39 is 5.91 Å². The van der Waals surface area contributed by atoms with Crippen molar-refractivity contribution in [3.63, 3.8) is 0 Å². The number of nitrogens with zero attached hydrogens (tertiary/aromatic N) is 2. The predicted molar refractivity (Wildman–Crippen MR) is 58.4 cm³/mol. The number of hydrogen-bond donors (Lipinski definition) is 1. The molecule has 5 nitrogen and oxygen atoms in total. The van der Waals surface area contributed by atoms with Crippen LogP contribution in [-0.4, -0.2) is 15.5 Å². The van der Waals surface area contributed by atoms with Crippen LogP contribution in [0.25, 0.3) is 5.69 Å². The molecule has 1 aromatic heterocycles. The maximum absolute atomic E-state index is 11.5. The number of hydrogen-bond acceptors (Lipinski definition) is 3. The first-order valence-corrected chi connectivity index (χ1v) is 4.62. The van der Waals surface area contributed by atoms with E-state index >= 15 is 0 Å². The van der Waals surface area contributed by atoms with Crippen LogP contribution in [0.1, 0.15) is 10.4 Å². The highest BCUT2D eigenvalue weighted by atomic mass is 16.1. The number of benzene rings is 1. The van der Waals surface area contributed by atoms with E-state index in [0.29, 0.717) is 11.3 Å². The van der Waals surface area contributed by atoms with Gasteiger partial charge in [-0.05, 0) is 12.1 Å². The van der Waals surface area contributed by atoms with Crippen molar-refractivity contribution in [3.05, 3.63) is 58.8 Å². The van der Waals surface area contributed by atoms with Crippen molar-refractivity contribution in [2.24, 2.45) is 5.73 Å². The van der Waals surface area contributed by atoms with E-state index in [0.717, 1.165) is 0 Å². The lowest BCUT2D eigenvalue weighted by molar-refractivity contribution is 0.100. The molecule has 0 atom stereocenters. The molecule has 16 heavy (non-hydrogen) atoms. The fraction of sp³-hybridized carbons (Fsp3) is 0. The largest absolute Gasteiger partial charge is 0.366 e. The Morgan fingerprint density at radius 1 is 1.31 bits per heavy atom. The lowest BCUT2D eigenvalue weighted by Gasteiger charge is -2.08. The molecule has 0 bridgehead atoms. The fourth-order valence-corrected chi connectivity index (χ4v) is 1.44. The molecule has 80 valence electrons. The molecule has 1 amide bonds. The first kappa shape index (κ1) is 10.1. The van der Waals surface area contributed by atoms with Gasteiger partial charge in [0.1, 0.15) is 0 Å². The van der Waals surface area contributed by atoms with Gasteiger partial charge in [0, 0.05) is 12.4 Å². The number of primary amides is 1. The summed E-state index contributed by atoms with van der Waals surface area (Å²) >= 11 is 0. The van der Waals surface area contributed by atoms with Crippen LogP contribution in [0.2, 0.25) is 0 Å². The lowest BCUT2D eigenvalue weighted by Crippen LogP contribution is -2.21. The molecule has 5 heteroatoms. The van der Waals surface area contributed by atoms with E-state index in [-0.39, 0.29) is 5.56 Å². The Morgan fingerprint density at radius 2 is 2.06 bits per heavy atom. The molecule has 1 aromatic carbocycles. The van der Waals surface area contributed by atoms with Gasteiger partial charge in [-0.2, -0.15) is 0 Å². The van der Waals surface area contributed by atoms with Gasteiger partial charge < -0.3 is 5.73 Å². The molecule has 0 unspecified atom stereocenters. The summed E-state index contributed by atoms with van der Waals surface area (Å²) in [4.78, 5) is 26.4. The highest BCUT2D eigenvalue weighted by molar-refractivity contribution is 5.96. The van der Waals surface area contributed by atoms with E-state index in [4.69, 9.17) is 5.73 Å². The molecular formula is C11H9N3O2. The van der Waals surface area contributed by atoms with E-state index in [1.54, 1.807) is 24.3 Å². The van der Waals surface area contributed by atoms with Crippen LogP contribution in [-0.2, 0) is 0 Å². The summed E-state index contributed by atoms with van der Waals surface area (Å²) in [6.45, 7) is 0. The SMILES string of the molecule is NC(=O)c1ccccc1-n1ccncc1=O. The van der Waals surface area contributed by atoms with E-state index in [1.165, 1.54) is 23.2 Å². The summed E-state index contributed by atoms with van der Waals surface area (Å²) in [6.07, 6.45) is 4.14. The van der Waals surface area contributed by atoms with Gasteiger partial charge in [-0.15, -0.1) is 0 Å².